The van der Waals surface area contributed by atoms with Gasteiger partial charge in [-0.1, -0.05) is 0 Å². The number of hydrogen-bond acceptors (Lipinski definition) is 5. The van der Waals surface area contributed by atoms with Gasteiger partial charge in [-0.2, -0.15) is 0 Å². The molecule has 122 valence electrons. The van der Waals surface area contributed by atoms with E-state index >= 15 is 0 Å². The summed E-state index contributed by atoms with van der Waals surface area (Å²) < 4.78 is 29.0. The highest BCUT2D eigenvalue weighted by Gasteiger charge is 2.77. The first-order valence-corrected chi connectivity index (χ1v) is 9.04. The van der Waals surface area contributed by atoms with Crippen molar-refractivity contribution < 1.29 is 23.1 Å². The molecule has 1 amide bonds. The van der Waals surface area contributed by atoms with Gasteiger partial charge in [0.15, 0.2) is 0 Å². The highest BCUT2D eigenvalue weighted by Crippen LogP contribution is 2.80. The maximum Gasteiger partial charge on any atom is 0.408 e. The summed E-state index contributed by atoms with van der Waals surface area (Å²) in [7, 11) is -3.09. The van der Waals surface area contributed by atoms with Crippen LogP contribution >= 0.6 is 7.60 Å². The van der Waals surface area contributed by atoms with Crippen molar-refractivity contribution in [3.63, 3.8) is 0 Å². The van der Waals surface area contributed by atoms with Crippen LogP contribution in [0.25, 0.3) is 0 Å². The van der Waals surface area contributed by atoms with Crippen molar-refractivity contribution in [2.24, 2.45) is 0 Å². The van der Waals surface area contributed by atoms with E-state index in [9.17, 15) is 9.36 Å². The van der Waals surface area contributed by atoms with Crippen LogP contribution in [0.15, 0.2) is 0 Å². The molecule has 0 aliphatic heterocycles. The Hall–Kier alpha value is -0.580. The summed E-state index contributed by atoms with van der Waals surface area (Å²) in [6, 6.07) is 0. The Kier molecular flexibility index (Phi) is 4.20. The number of hydrogen-bond donors (Lipinski definition) is 1. The van der Waals surface area contributed by atoms with Crippen LogP contribution in [-0.2, 0) is 18.3 Å². The summed E-state index contributed by atoms with van der Waals surface area (Å²) >= 11 is 0. The highest BCUT2D eigenvalue weighted by atomic mass is 31.2. The Morgan fingerprint density at radius 3 is 2.00 bits per heavy atom. The van der Waals surface area contributed by atoms with Gasteiger partial charge >= 0.3 is 13.7 Å². The summed E-state index contributed by atoms with van der Waals surface area (Å²) in [5, 5.41) is 2.49. The van der Waals surface area contributed by atoms with E-state index in [1.54, 1.807) is 0 Å². The number of carbonyl (C=O) groups is 1. The molecule has 0 radical (unpaired) electrons. The Bertz CT molecular complexity index is 441. The summed E-state index contributed by atoms with van der Waals surface area (Å²) in [5.74, 6) is 0. The van der Waals surface area contributed by atoms with Crippen molar-refractivity contribution in [2.75, 3.05) is 13.2 Å². The molecule has 0 unspecified atom stereocenters. The van der Waals surface area contributed by atoms with Crippen LogP contribution in [0, 0.1) is 0 Å². The second kappa shape index (κ2) is 5.25. The maximum absolute atomic E-state index is 12.8. The fourth-order valence-corrected chi connectivity index (χ4v) is 6.12. The number of nitrogens with one attached hydrogen (secondary N) is 1. The SMILES string of the molecule is CCOP(=O)(OCC)C12CC(NC(=O)OC(C)(C)C)(C1)C2. The van der Waals surface area contributed by atoms with E-state index in [0.717, 1.165) is 0 Å². The predicted octanol–water partition coefficient (Wildman–Crippen LogP) is 3.45. The van der Waals surface area contributed by atoms with Gasteiger partial charge in [0.25, 0.3) is 0 Å². The highest BCUT2D eigenvalue weighted by molar-refractivity contribution is 7.56. The zero-order valence-electron chi connectivity index (χ0n) is 13.5. The first kappa shape index (κ1) is 16.8. The molecule has 2 bridgehead atoms. The summed E-state index contributed by atoms with van der Waals surface area (Å²) in [5.41, 5.74) is -0.802. The minimum Gasteiger partial charge on any atom is -0.444 e. The van der Waals surface area contributed by atoms with Crippen LogP contribution in [0.2, 0.25) is 0 Å². The van der Waals surface area contributed by atoms with Crippen LogP contribution in [0.1, 0.15) is 53.9 Å². The van der Waals surface area contributed by atoms with Crippen molar-refractivity contribution in [3.8, 4) is 0 Å². The van der Waals surface area contributed by atoms with Gasteiger partial charge in [0.1, 0.15) is 5.60 Å². The summed E-state index contributed by atoms with van der Waals surface area (Å²) in [4.78, 5) is 11.8. The van der Waals surface area contributed by atoms with Crippen LogP contribution in [0.5, 0.6) is 0 Å². The van der Waals surface area contributed by atoms with E-state index in [2.05, 4.69) is 5.32 Å². The van der Waals surface area contributed by atoms with Crippen molar-refractivity contribution in [1.29, 1.82) is 0 Å². The van der Waals surface area contributed by atoms with Gasteiger partial charge in [0.2, 0.25) is 0 Å². The minimum atomic E-state index is -3.09. The van der Waals surface area contributed by atoms with E-state index in [1.165, 1.54) is 0 Å². The van der Waals surface area contributed by atoms with Crippen LogP contribution in [-0.4, -0.2) is 35.6 Å². The van der Waals surface area contributed by atoms with Gasteiger partial charge in [-0.25, -0.2) is 4.79 Å². The Morgan fingerprint density at radius 2 is 1.62 bits per heavy atom. The zero-order valence-corrected chi connectivity index (χ0v) is 14.4. The van der Waals surface area contributed by atoms with Gasteiger partial charge in [-0.05, 0) is 53.9 Å². The molecule has 3 aliphatic rings. The average Bonchev–Trinajstić information content (AvgIpc) is 2.19. The van der Waals surface area contributed by atoms with Crippen molar-refractivity contribution >= 4 is 13.7 Å². The second-order valence-electron chi connectivity index (χ2n) is 6.99. The van der Waals surface area contributed by atoms with E-state index in [0.29, 0.717) is 32.5 Å². The molecule has 0 spiro atoms. The molecule has 0 aromatic rings. The number of amides is 1. The molecule has 0 heterocycles. The molecule has 0 aromatic heterocycles. The van der Waals surface area contributed by atoms with Gasteiger partial charge in [-0.15, -0.1) is 0 Å². The molecule has 21 heavy (non-hydrogen) atoms. The van der Waals surface area contributed by atoms with Crippen molar-refractivity contribution in [3.05, 3.63) is 0 Å². The van der Waals surface area contributed by atoms with Crippen molar-refractivity contribution in [1.82, 2.24) is 5.32 Å². The number of alkyl carbamates (subject to hydrolysis) is 1. The summed E-state index contributed by atoms with van der Waals surface area (Å²) in [6.45, 7) is 9.84. The Balaban J connectivity index is 1.92. The smallest absolute Gasteiger partial charge is 0.408 e. The lowest BCUT2D eigenvalue weighted by Gasteiger charge is -2.70. The van der Waals surface area contributed by atoms with E-state index < -0.39 is 24.4 Å². The molecule has 6 nitrogen and oxygen atoms in total. The van der Waals surface area contributed by atoms with Gasteiger partial charge in [-0.3, -0.25) is 4.57 Å². The van der Waals surface area contributed by atoms with E-state index in [4.69, 9.17) is 13.8 Å². The van der Waals surface area contributed by atoms with Gasteiger partial charge < -0.3 is 19.1 Å². The Labute approximate surface area is 126 Å². The lowest BCUT2D eigenvalue weighted by atomic mass is 9.49. The van der Waals surface area contributed by atoms with Crippen LogP contribution in [0.3, 0.4) is 0 Å². The fourth-order valence-electron chi connectivity index (χ4n) is 3.33. The van der Waals surface area contributed by atoms with E-state index in [1.807, 2.05) is 34.6 Å². The normalized spacial score (nSPS) is 31.1. The average molecular weight is 319 g/mol. The molecule has 0 saturated heterocycles. The third kappa shape index (κ3) is 2.99. The van der Waals surface area contributed by atoms with E-state index in [-0.39, 0.29) is 5.54 Å². The molecule has 1 N–H and O–H groups in total. The molecule has 3 rings (SSSR count). The van der Waals surface area contributed by atoms with Crippen LogP contribution in [0.4, 0.5) is 4.79 Å². The number of ether oxygens (including phenoxy) is 1. The number of carbonyl (C=O) groups excluding carboxylic acids is 1. The predicted molar refractivity (Wildman–Crippen MR) is 79.5 cm³/mol. The summed E-state index contributed by atoms with van der Waals surface area (Å²) in [6.07, 6.45) is 1.49. The molecule has 3 saturated carbocycles. The first-order chi connectivity index (χ1) is 9.59. The first-order valence-electron chi connectivity index (χ1n) is 7.50. The maximum atomic E-state index is 12.8. The molecule has 3 aliphatic carbocycles. The molecular formula is C14H26NO5P. The quantitative estimate of drug-likeness (QED) is 0.759. The molecular weight excluding hydrogens is 293 g/mol. The topological polar surface area (TPSA) is 73.9 Å². The molecule has 0 aromatic carbocycles. The lowest BCUT2D eigenvalue weighted by molar-refractivity contribution is -0.0527. The van der Waals surface area contributed by atoms with Gasteiger partial charge in [0.05, 0.1) is 18.4 Å². The molecule has 0 atom stereocenters. The number of rotatable bonds is 6. The van der Waals surface area contributed by atoms with Crippen LogP contribution < -0.4 is 5.32 Å². The monoisotopic (exact) mass is 319 g/mol. The fraction of sp³-hybridized carbons (Fsp3) is 0.929. The largest absolute Gasteiger partial charge is 0.444 e. The second-order valence-corrected chi connectivity index (χ2v) is 9.45. The Morgan fingerprint density at radius 1 is 1.14 bits per heavy atom. The van der Waals surface area contributed by atoms with Gasteiger partial charge in [0, 0.05) is 5.54 Å². The molecule has 3 fully saturated rings. The minimum absolute atomic E-state index is 0.286. The standard InChI is InChI=1S/C14H26NO5P/c1-6-18-21(17,19-7-2)14-8-13(9-14,10-14)15-11(16)20-12(3,4)5/h6-10H2,1-5H3,(H,15,16). The third-order valence-electron chi connectivity index (χ3n) is 3.95. The lowest BCUT2D eigenvalue weighted by Crippen LogP contribution is -2.78. The third-order valence-corrected chi connectivity index (χ3v) is 6.78. The zero-order chi connectivity index (χ0) is 15.9. The van der Waals surface area contributed by atoms with Crippen molar-refractivity contribution in [2.45, 2.75) is 70.2 Å². The molecule has 7 heteroatoms.